The summed E-state index contributed by atoms with van der Waals surface area (Å²) in [6.45, 7) is 2.86. The average Bonchev–Trinajstić information content (AvgIpc) is 3.39. The molecule has 1 fully saturated rings. The molecule has 1 aromatic rings. The second kappa shape index (κ2) is 7.35. The van der Waals surface area contributed by atoms with Crippen LogP contribution in [0.15, 0.2) is 40.0 Å². The Morgan fingerprint density at radius 1 is 1.30 bits per heavy atom. The summed E-state index contributed by atoms with van der Waals surface area (Å²) < 4.78 is 11.2. The zero-order valence-corrected chi connectivity index (χ0v) is 15.5. The SMILES string of the molecule is Cc1ccc(C(=O)C2=C(O)C(=O)N(CC3CCCO3)C2C2CC=CCC2)o1. The van der Waals surface area contributed by atoms with Gasteiger partial charge in [0.05, 0.1) is 17.7 Å². The second-order valence-electron chi connectivity index (χ2n) is 7.58. The van der Waals surface area contributed by atoms with Gasteiger partial charge in [-0.3, -0.25) is 9.59 Å². The normalized spacial score (nSPS) is 28.4. The number of amides is 1. The Morgan fingerprint density at radius 2 is 2.15 bits per heavy atom. The summed E-state index contributed by atoms with van der Waals surface area (Å²) in [5, 5.41) is 10.6. The van der Waals surface area contributed by atoms with E-state index in [0.29, 0.717) is 18.9 Å². The molecular formula is C21H25NO5. The Kier molecular flexibility index (Phi) is 4.91. The topological polar surface area (TPSA) is 80.0 Å². The van der Waals surface area contributed by atoms with E-state index in [1.807, 2.05) is 0 Å². The zero-order chi connectivity index (χ0) is 19.0. The molecule has 6 nitrogen and oxygen atoms in total. The van der Waals surface area contributed by atoms with Crippen LogP contribution in [0, 0.1) is 12.8 Å². The van der Waals surface area contributed by atoms with Crippen LogP contribution >= 0.6 is 0 Å². The van der Waals surface area contributed by atoms with E-state index in [0.717, 1.165) is 32.1 Å². The molecule has 2 aliphatic heterocycles. The van der Waals surface area contributed by atoms with Crippen molar-refractivity contribution in [2.24, 2.45) is 5.92 Å². The number of ether oxygens (including phenoxy) is 1. The summed E-state index contributed by atoms with van der Waals surface area (Å²) in [5.41, 5.74) is 0.174. The lowest BCUT2D eigenvalue weighted by Gasteiger charge is -2.34. The zero-order valence-electron chi connectivity index (χ0n) is 15.5. The quantitative estimate of drug-likeness (QED) is 0.634. The smallest absolute Gasteiger partial charge is 0.289 e. The number of aryl methyl sites for hydroxylation is 1. The first-order chi connectivity index (χ1) is 13.1. The van der Waals surface area contributed by atoms with Gasteiger partial charge in [-0.25, -0.2) is 0 Å². The van der Waals surface area contributed by atoms with E-state index >= 15 is 0 Å². The monoisotopic (exact) mass is 371 g/mol. The molecule has 6 heteroatoms. The number of aliphatic hydroxyl groups excluding tert-OH is 1. The van der Waals surface area contributed by atoms with Crippen molar-refractivity contribution < 1.29 is 23.8 Å². The molecule has 0 radical (unpaired) electrons. The molecule has 1 N–H and O–H groups in total. The molecule has 3 heterocycles. The van der Waals surface area contributed by atoms with Gasteiger partial charge >= 0.3 is 0 Å². The van der Waals surface area contributed by atoms with Gasteiger partial charge in [-0.05, 0) is 57.1 Å². The standard InChI is InChI=1S/C21H25NO5/c1-13-9-10-16(27-13)19(23)17-18(14-6-3-2-4-7-14)22(21(25)20(17)24)12-15-8-5-11-26-15/h2-3,9-10,14-15,18,24H,4-8,11-12H2,1H3. The predicted octanol–water partition coefficient (Wildman–Crippen LogP) is 3.33. The molecule has 0 aromatic carbocycles. The number of Topliss-reactive ketones (excluding diaryl/α,β-unsaturated/α-hetero) is 1. The Hall–Kier alpha value is -2.34. The van der Waals surface area contributed by atoms with Crippen LogP contribution in [0.1, 0.15) is 48.4 Å². The molecule has 1 amide bonds. The summed E-state index contributed by atoms with van der Waals surface area (Å²) in [6.07, 6.45) is 8.60. The minimum absolute atomic E-state index is 0.0382. The van der Waals surface area contributed by atoms with Crippen molar-refractivity contribution in [1.29, 1.82) is 0 Å². The van der Waals surface area contributed by atoms with E-state index in [9.17, 15) is 14.7 Å². The van der Waals surface area contributed by atoms with Crippen molar-refractivity contribution in [2.75, 3.05) is 13.2 Å². The maximum Gasteiger partial charge on any atom is 0.289 e. The van der Waals surface area contributed by atoms with E-state index in [4.69, 9.17) is 9.15 Å². The number of nitrogens with zero attached hydrogens (tertiary/aromatic N) is 1. The minimum Gasteiger partial charge on any atom is -0.503 e. The summed E-state index contributed by atoms with van der Waals surface area (Å²) >= 11 is 0. The Bertz CT molecular complexity index is 799. The predicted molar refractivity (Wildman–Crippen MR) is 98.4 cm³/mol. The lowest BCUT2D eigenvalue weighted by molar-refractivity contribution is -0.131. The van der Waals surface area contributed by atoms with Crippen LogP contribution in [0.5, 0.6) is 0 Å². The number of furan rings is 1. The fraction of sp³-hybridized carbons (Fsp3) is 0.524. The molecule has 3 atom stereocenters. The van der Waals surface area contributed by atoms with E-state index in [-0.39, 0.29) is 23.4 Å². The van der Waals surface area contributed by atoms with E-state index < -0.39 is 23.5 Å². The first-order valence-corrected chi connectivity index (χ1v) is 9.68. The molecule has 1 aliphatic carbocycles. The van der Waals surface area contributed by atoms with Crippen molar-refractivity contribution in [3.05, 3.63) is 47.1 Å². The summed E-state index contributed by atoms with van der Waals surface area (Å²) in [4.78, 5) is 27.6. The molecule has 1 aromatic heterocycles. The van der Waals surface area contributed by atoms with Gasteiger partial charge in [0.15, 0.2) is 11.5 Å². The van der Waals surface area contributed by atoms with Crippen LogP contribution in [0.4, 0.5) is 0 Å². The molecule has 4 rings (SSSR count). The van der Waals surface area contributed by atoms with Crippen LogP contribution in [0.3, 0.4) is 0 Å². The summed E-state index contributed by atoms with van der Waals surface area (Å²) in [5.74, 6) is -0.431. The van der Waals surface area contributed by atoms with Crippen molar-refractivity contribution in [2.45, 2.75) is 51.2 Å². The average molecular weight is 371 g/mol. The van der Waals surface area contributed by atoms with Gasteiger partial charge in [-0.2, -0.15) is 0 Å². The van der Waals surface area contributed by atoms with Crippen molar-refractivity contribution >= 4 is 11.7 Å². The Morgan fingerprint density at radius 3 is 2.78 bits per heavy atom. The van der Waals surface area contributed by atoms with Crippen LogP contribution in [0.25, 0.3) is 0 Å². The first kappa shape index (κ1) is 18.0. The van der Waals surface area contributed by atoms with Crippen LogP contribution in [-0.2, 0) is 9.53 Å². The summed E-state index contributed by atoms with van der Waals surface area (Å²) in [6, 6.07) is 2.87. The molecule has 3 aliphatic rings. The molecule has 27 heavy (non-hydrogen) atoms. The van der Waals surface area contributed by atoms with Crippen molar-refractivity contribution in [3.63, 3.8) is 0 Å². The van der Waals surface area contributed by atoms with Gasteiger partial charge in [0.2, 0.25) is 5.78 Å². The maximum absolute atomic E-state index is 13.1. The van der Waals surface area contributed by atoms with Crippen LogP contribution in [-0.4, -0.2) is 47.0 Å². The van der Waals surface area contributed by atoms with Gasteiger partial charge < -0.3 is 19.2 Å². The molecule has 144 valence electrons. The fourth-order valence-electron chi connectivity index (χ4n) is 4.40. The maximum atomic E-state index is 13.1. The number of rotatable bonds is 5. The number of ketones is 1. The molecule has 1 saturated heterocycles. The molecule has 0 saturated carbocycles. The first-order valence-electron chi connectivity index (χ1n) is 9.68. The number of aliphatic hydroxyl groups is 1. The van der Waals surface area contributed by atoms with Gasteiger partial charge in [-0.15, -0.1) is 0 Å². The lowest BCUT2D eigenvalue weighted by atomic mass is 9.82. The van der Waals surface area contributed by atoms with Gasteiger partial charge in [0, 0.05) is 13.2 Å². The number of carbonyl (C=O) groups excluding carboxylic acids is 2. The van der Waals surface area contributed by atoms with E-state index in [1.165, 1.54) is 0 Å². The molecular weight excluding hydrogens is 346 g/mol. The van der Waals surface area contributed by atoms with E-state index in [2.05, 4.69) is 12.2 Å². The highest BCUT2D eigenvalue weighted by Crippen LogP contribution is 2.38. The molecule has 0 spiro atoms. The number of carbonyl (C=O) groups is 2. The van der Waals surface area contributed by atoms with Crippen molar-refractivity contribution in [3.8, 4) is 0 Å². The Labute approximate surface area is 158 Å². The highest BCUT2D eigenvalue weighted by Gasteiger charge is 2.47. The fourth-order valence-corrected chi connectivity index (χ4v) is 4.40. The Balaban J connectivity index is 1.68. The van der Waals surface area contributed by atoms with Gasteiger partial charge in [0.1, 0.15) is 5.76 Å². The molecule has 0 bridgehead atoms. The minimum atomic E-state index is -0.475. The number of hydrogen-bond acceptors (Lipinski definition) is 5. The van der Waals surface area contributed by atoms with Gasteiger partial charge in [0.25, 0.3) is 5.91 Å². The summed E-state index contributed by atoms with van der Waals surface area (Å²) in [7, 11) is 0. The van der Waals surface area contributed by atoms with E-state index in [1.54, 1.807) is 24.0 Å². The third-order valence-corrected chi connectivity index (χ3v) is 5.74. The van der Waals surface area contributed by atoms with Gasteiger partial charge in [-0.1, -0.05) is 12.2 Å². The third kappa shape index (κ3) is 3.34. The number of allylic oxidation sites excluding steroid dienone is 2. The molecule has 3 unspecified atom stereocenters. The largest absolute Gasteiger partial charge is 0.503 e. The van der Waals surface area contributed by atoms with Crippen molar-refractivity contribution in [1.82, 2.24) is 4.90 Å². The highest BCUT2D eigenvalue weighted by molar-refractivity contribution is 6.15. The number of hydrogen-bond donors (Lipinski definition) is 1. The van der Waals surface area contributed by atoms with Crippen LogP contribution < -0.4 is 0 Å². The highest BCUT2D eigenvalue weighted by atomic mass is 16.5. The third-order valence-electron chi connectivity index (χ3n) is 5.74. The second-order valence-corrected chi connectivity index (χ2v) is 7.58. The lowest BCUT2D eigenvalue weighted by Crippen LogP contribution is -2.45. The van der Waals surface area contributed by atoms with Crippen LogP contribution in [0.2, 0.25) is 0 Å².